The molecule has 140 valence electrons. The van der Waals surface area contributed by atoms with Crippen molar-refractivity contribution >= 4 is 23.2 Å². The molecule has 5 nitrogen and oxygen atoms in total. The third-order valence-electron chi connectivity index (χ3n) is 5.43. The van der Waals surface area contributed by atoms with Crippen molar-refractivity contribution in [3.63, 3.8) is 0 Å². The monoisotopic (exact) mass is 364 g/mol. The first-order valence-electron chi connectivity index (χ1n) is 9.56. The van der Waals surface area contributed by atoms with Gasteiger partial charge in [0.2, 0.25) is 5.91 Å². The molecule has 0 spiro atoms. The third kappa shape index (κ3) is 3.54. The Balaban J connectivity index is 1.40. The van der Waals surface area contributed by atoms with E-state index in [4.69, 9.17) is 4.74 Å². The van der Waals surface area contributed by atoms with Crippen LogP contribution in [0.5, 0.6) is 5.75 Å². The number of carbonyl (C=O) groups excluding carboxylic acids is 2. The summed E-state index contributed by atoms with van der Waals surface area (Å²) in [6.07, 6.45) is 2.48. The Kier molecular flexibility index (Phi) is 4.84. The Morgan fingerprint density at radius 1 is 1.11 bits per heavy atom. The minimum absolute atomic E-state index is 0.00467. The number of amides is 2. The van der Waals surface area contributed by atoms with Crippen LogP contribution in [-0.4, -0.2) is 31.5 Å². The number of hydrogen-bond donors (Lipinski definition) is 0. The third-order valence-corrected chi connectivity index (χ3v) is 5.43. The van der Waals surface area contributed by atoms with Crippen molar-refractivity contribution in [2.45, 2.75) is 32.1 Å². The van der Waals surface area contributed by atoms with Crippen LogP contribution in [0.4, 0.5) is 11.4 Å². The summed E-state index contributed by atoms with van der Waals surface area (Å²) >= 11 is 0. The summed E-state index contributed by atoms with van der Waals surface area (Å²) in [5, 5.41) is 0. The van der Waals surface area contributed by atoms with Crippen molar-refractivity contribution in [1.29, 1.82) is 0 Å². The summed E-state index contributed by atoms with van der Waals surface area (Å²) in [6, 6.07) is 15.5. The quantitative estimate of drug-likeness (QED) is 0.831. The maximum atomic E-state index is 12.7. The van der Waals surface area contributed by atoms with E-state index >= 15 is 0 Å². The summed E-state index contributed by atoms with van der Waals surface area (Å²) in [5.74, 6) is 1.23. The summed E-state index contributed by atoms with van der Waals surface area (Å²) in [4.78, 5) is 28.1. The van der Waals surface area contributed by atoms with E-state index in [-0.39, 0.29) is 18.4 Å². The second-order valence-corrected chi connectivity index (χ2v) is 7.23. The Hall–Kier alpha value is -2.82. The Morgan fingerprint density at radius 3 is 2.63 bits per heavy atom. The zero-order chi connectivity index (χ0) is 18.8. The van der Waals surface area contributed by atoms with E-state index in [1.54, 1.807) is 4.90 Å². The molecular weight excluding hydrogens is 340 g/mol. The molecule has 1 atom stereocenters. The molecule has 2 heterocycles. The average Bonchev–Trinajstić information content (AvgIpc) is 3.13. The van der Waals surface area contributed by atoms with Gasteiger partial charge in [-0.3, -0.25) is 9.59 Å². The highest BCUT2D eigenvalue weighted by molar-refractivity contribution is 5.96. The highest BCUT2D eigenvalue weighted by Crippen LogP contribution is 2.34. The molecule has 1 fully saturated rings. The van der Waals surface area contributed by atoms with Gasteiger partial charge in [-0.25, -0.2) is 0 Å². The zero-order valence-electron chi connectivity index (χ0n) is 15.6. The molecule has 0 saturated carbocycles. The fraction of sp³-hybridized carbons (Fsp3) is 0.364. The maximum Gasteiger partial charge on any atom is 0.264 e. The predicted octanol–water partition coefficient (Wildman–Crippen LogP) is 3.73. The van der Waals surface area contributed by atoms with Crippen LogP contribution < -0.4 is 14.5 Å². The Morgan fingerprint density at radius 2 is 1.89 bits per heavy atom. The second kappa shape index (κ2) is 7.43. The van der Waals surface area contributed by atoms with Gasteiger partial charge in [-0.2, -0.15) is 0 Å². The van der Waals surface area contributed by atoms with Crippen LogP contribution in [0.3, 0.4) is 0 Å². The lowest BCUT2D eigenvalue weighted by Crippen LogP contribution is -2.39. The van der Waals surface area contributed by atoms with Gasteiger partial charge in [0.05, 0.1) is 0 Å². The average molecular weight is 364 g/mol. The first kappa shape index (κ1) is 17.6. The van der Waals surface area contributed by atoms with Crippen molar-refractivity contribution in [3.8, 4) is 5.75 Å². The normalized spacial score (nSPS) is 19.1. The van der Waals surface area contributed by atoms with E-state index in [9.17, 15) is 9.59 Å². The van der Waals surface area contributed by atoms with Gasteiger partial charge in [0.25, 0.3) is 5.91 Å². The second-order valence-electron chi connectivity index (χ2n) is 7.23. The smallest absolute Gasteiger partial charge is 0.264 e. The SMILES string of the molecule is CC1CCN(C(=O)COc2ccc(N3CCCC3=O)cc2)c2ccccc21. The topological polar surface area (TPSA) is 49.9 Å². The van der Waals surface area contributed by atoms with E-state index in [0.717, 1.165) is 37.3 Å². The van der Waals surface area contributed by atoms with Gasteiger partial charge in [0, 0.05) is 30.9 Å². The number of anilines is 2. The first-order chi connectivity index (χ1) is 13.1. The van der Waals surface area contributed by atoms with E-state index in [1.807, 2.05) is 47.4 Å². The van der Waals surface area contributed by atoms with Crippen LogP contribution in [0.15, 0.2) is 48.5 Å². The molecular formula is C22H24N2O3. The molecule has 0 N–H and O–H groups in total. The lowest BCUT2D eigenvalue weighted by molar-refractivity contribution is -0.120. The van der Waals surface area contributed by atoms with Crippen molar-refractivity contribution < 1.29 is 14.3 Å². The van der Waals surface area contributed by atoms with Gasteiger partial charge in [-0.1, -0.05) is 25.1 Å². The summed E-state index contributed by atoms with van der Waals surface area (Å²) in [7, 11) is 0. The van der Waals surface area contributed by atoms with Crippen LogP contribution in [0, 0.1) is 0 Å². The lowest BCUT2D eigenvalue weighted by Gasteiger charge is -2.32. The molecule has 1 saturated heterocycles. The first-order valence-corrected chi connectivity index (χ1v) is 9.56. The highest BCUT2D eigenvalue weighted by atomic mass is 16.5. The standard InChI is InChI=1S/C22H24N2O3/c1-16-12-14-24(20-6-3-2-5-19(16)20)22(26)15-27-18-10-8-17(9-11-18)23-13-4-7-21(23)25/h2-3,5-6,8-11,16H,4,7,12-15H2,1H3. The molecule has 5 heteroatoms. The van der Waals surface area contributed by atoms with E-state index in [2.05, 4.69) is 13.0 Å². The van der Waals surface area contributed by atoms with Crippen molar-refractivity contribution in [3.05, 3.63) is 54.1 Å². The number of rotatable bonds is 4. The molecule has 0 aromatic heterocycles. The Bertz CT molecular complexity index is 847. The molecule has 2 aromatic carbocycles. The summed E-state index contributed by atoms with van der Waals surface area (Å²) in [5.41, 5.74) is 3.10. The van der Waals surface area contributed by atoms with Gasteiger partial charge < -0.3 is 14.5 Å². The minimum atomic E-state index is -0.0341. The molecule has 4 rings (SSSR count). The van der Waals surface area contributed by atoms with Crippen molar-refractivity contribution in [2.24, 2.45) is 0 Å². The van der Waals surface area contributed by atoms with Crippen molar-refractivity contribution in [1.82, 2.24) is 0 Å². The fourth-order valence-electron chi connectivity index (χ4n) is 3.87. The minimum Gasteiger partial charge on any atom is -0.484 e. The zero-order valence-corrected chi connectivity index (χ0v) is 15.6. The fourth-order valence-corrected chi connectivity index (χ4v) is 3.87. The van der Waals surface area contributed by atoms with Gasteiger partial charge in [0.1, 0.15) is 5.75 Å². The van der Waals surface area contributed by atoms with Crippen molar-refractivity contribution in [2.75, 3.05) is 29.5 Å². The number of nitrogens with zero attached hydrogens (tertiary/aromatic N) is 2. The van der Waals surface area contributed by atoms with Crippen LogP contribution in [0.25, 0.3) is 0 Å². The number of fused-ring (bicyclic) bond motifs is 1. The highest BCUT2D eigenvalue weighted by Gasteiger charge is 2.26. The summed E-state index contributed by atoms with van der Waals surface area (Å²) in [6.45, 7) is 3.69. The molecule has 27 heavy (non-hydrogen) atoms. The van der Waals surface area contributed by atoms with E-state index in [0.29, 0.717) is 18.1 Å². The number of ether oxygens (including phenoxy) is 1. The molecule has 0 radical (unpaired) electrons. The Labute approximate surface area is 159 Å². The number of benzene rings is 2. The van der Waals surface area contributed by atoms with Gasteiger partial charge in [-0.05, 0) is 54.7 Å². The maximum absolute atomic E-state index is 12.7. The van der Waals surface area contributed by atoms with Gasteiger partial charge in [0.15, 0.2) is 6.61 Å². The van der Waals surface area contributed by atoms with E-state index < -0.39 is 0 Å². The van der Waals surface area contributed by atoms with Crippen LogP contribution in [0.2, 0.25) is 0 Å². The predicted molar refractivity (Wildman–Crippen MR) is 105 cm³/mol. The molecule has 2 aliphatic heterocycles. The van der Waals surface area contributed by atoms with Crippen LogP contribution in [0.1, 0.15) is 37.7 Å². The molecule has 2 aliphatic rings. The largest absolute Gasteiger partial charge is 0.484 e. The molecule has 2 amide bonds. The molecule has 1 unspecified atom stereocenters. The number of hydrogen-bond acceptors (Lipinski definition) is 3. The van der Waals surface area contributed by atoms with E-state index in [1.165, 1.54) is 5.56 Å². The number of carbonyl (C=O) groups is 2. The number of para-hydroxylation sites is 1. The van der Waals surface area contributed by atoms with Gasteiger partial charge in [-0.15, -0.1) is 0 Å². The van der Waals surface area contributed by atoms with Crippen LogP contribution in [-0.2, 0) is 9.59 Å². The molecule has 0 bridgehead atoms. The lowest BCUT2D eigenvalue weighted by atomic mass is 9.91. The molecule has 0 aliphatic carbocycles. The molecule has 2 aromatic rings. The summed E-state index contributed by atoms with van der Waals surface area (Å²) < 4.78 is 5.71. The van der Waals surface area contributed by atoms with Crippen LogP contribution >= 0.6 is 0 Å². The van der Waals surface area contributed by atoms with Gasteiger partial charge >= 0.3 is 0 Å².